The summed E-state index contributed by atoms with van der Waals surface area (Å²) in [5.74, 6) is 0.151. The van der Waals surface area contributed by atoms with E-state index in [9.17, 15) is 13.6 Å². The Labute approximate surface area is 101 Å². The van der Waals surface area contributed by atoms with Crippen LogP contribution < -0.4 is 5.32 Å². The molecule has 0 bridgehead atoms. The van der Waals surface area contributed by atoms with Gasteiger partial charge in [-0.15, -0.1) is 0 Å². The normalized spacial score (nSPS) is 20.0. The monoisotopic (exact) mass is 249 g/mol. The molecule has 1 unspecified atom stereocenters. The van der Waals surface area contributed by atoms with E-state index >= 15 is 0 Å². The number of amides is 1. The fourth-order valence-electron chi connectivity index (χ4n) is 2.21. The van der Waals surface area contributed by atoms with E-state index in [0.717, 1.165) is 25.7 Å². The minimum absolute atomic E-state index is 0.225. The van der Waals surface area contributed by atoms with Gasteiger partial charge in [-0.25, -0.2) is 8.78 Å². The molecule has 2 N–H and O–H groups in total. The van der Waals surface area contributed by atoms with Crippen molar-refractivity contribution in [2.45, 2.75) is 57.5 Å². The van der Waals surface area contributed by atoms with E-state index in [-0.39, 0.29) is 12.5 Å². The summed E-state index contributed by atoms with van der Waals surface area (Å²) in [4.78, 5) is 11.5. The molecular weight excluding hydrogens is 228 g/mol. The zero-order valence-corrected chi connectivity index (χ0v) is 10.0. The molecule has 0 aliphatic heterocycles. The molecule has 1 aliphatic rings. The molecule has 1 saturated carbocycles. The predicted octanol–water partition coefficient (Wildman–Crippen LogP) is 2.09. The van der Waals surface area contributed by atoms with Crippen LogP contribution in [-0.2, 0) is 4.79 Å². The summed E-state index contributed by atoms with van der Waals surface area (Å²) in [6.45, 7) is -0.358. The van der Waals surface area contributed by atoms with Gasteiger partial charge in [-0.2, -0.15) is 0 Å². The molecular formula is C12H21F2NO2. The van der Waals surface area contributed by atoms with Gasteiger partial charge in [-0.05, 0) is 18.8 Å². The average Bonchev–Trinajstić information content (AvgIpc) is 2.54. The molecule has 100 valence electrons. The number of alkyl halides is 2. The van der Waals surface area contributed by atoms with Gasteiger partial charge in [0.1, 0.15) is 6.10 Å². The molecule has 1 amide bonds. The van der Waals surface area contributed by atoms with Crippen molar-refractivity contribution >= 4 is 5.91 Å². The second-order valence-electron chi connectivity index (χ2n) is 4.77. The van der Waals surface area contributed by atoms with Crippen molar-refractivity contribution in [2.75, 3.05) is 6.54 Å². The molecule has 0 radical (unpaired) electrons. The first-order valence-electron chi connectivity index (χ1n) is 6.32. The topological polar surface area (TPSA) is 49.3 Å². The molecule has 0 aromatic carbocycles. The van der Waals surface area contributed by atoms with E-state index in [1.54, 1.807) is 0 Å². The van der Waals surface area contributed by atoms with Crippen LogP contribution in [-0.4, -0.2) is 30.1 Å². The van der Waals surface area contributed by atoms with Gasteiger partial charge in [0.15, 0.2) is 0 Å². The molecule has 0 heterocycles. The van der Waals surface area contributed by atoms with E-state index in [0.29, 0.717) is 12.3 Å². The van der Waals surface area contributed by atoms with Crippen molar-refractivity contribution < 1.29 is 18.7 Å². The van der Waals surface area contributed by atoms with Gasteiger partial charge in [-0.1, -0.05) is 25.7 Å². The first-order valence-corrected chi connectivity index (χ1v) is 6.32. The Morgan fingerprint density at radius 3 is 2.35 bits per heavy atom. The van der Waals surface area contributed by atoms with Crippen LogP contribution in [0.5, 0.6) is 0 Å². The highest BCUT2D eigenvalue weighted by Gasteiger charge is 2.19. The Hall–Kier alpha value is -0.710. The SMILES string of the molecule is O=C(CC1CCCCCC1)NCC(O)C(F)F. The third-order valence-corrected chi connectivity index (χ3v) is 3.25. The van der Waals surface area contributed by atoms with Crippen molar-refractivity contribution in [3.05, 3.63) is 0 Å². The highest BCUT2D eigenvalue weighted by Crippen LogP contribution is 2.25. The molecule has 1 fully saturated rings. The summed E-state index contributed by atoms with van der Waals surface area (Å²) in [7, 11) is 0. The summed E-state index contributed by atoms with van der Waals surface area (Å²) in [5, 5.41) is 11.2. The van der Waals surface area contributed by atoms with Crippen LogP contribution in [0.1, 0.15) is 44.9 Å². The summed E-state index contributed by atoms with van der Waals surface area (Å²) in [6, 6.07) is 0. The van der Waals surface area contributed by atoms with Crippen LogP contribution in [0.15, 0.2) is 0 Å². The standard InChI is InChI=1S/C12H21F2NO2/c13-12(14)10(16)8-15-11(17)7-9-5-3-1-2-4-6-9/h9-10,12,16H,1-8H2,(H,15,17). The molecule has 5 heteroatoms. The maximum absolute atomic E-state index is 12.0. The van der Waals surface area contributed by atoms with Crippen molar-refractivity contribution in [3.8, 4) is 0 Å². The molecule has 0 saturated heterocycles. The molecule has 0 spiro atoms. The lowest BCUT2D eigenvalue weighted by Gasteiger charge is -2.15. The van der Waals surface area contributed by atoms with Crippen molar-refractivity contribution in [1.29, 1.82) is 0 Å². The largest absolute Gasteiger partial charge is 0.385 e. The van der Waals surface area contributed by atoms with Crippen molar-refractivity contribution in [3.63, 3.8) is 0 Å². The predicted molar refractivity (Wildman–Crippen MR) is 60.8 cm³/mol. The first kappa shape index (κ1) is 14.4. The third kappa shape index (κ3) is 5.96. The van der Waals surface area contributed by atoms with Crippen LogP contribution in [0.3, 0.4) is 0 Å². The number of nitrogens with one attached hydrogen (secondary N) is 1. The van der Waals surface area contributed by atoms with E-state index < -0.39 is 12.5 Å². The quantitative estimate of drug-likeness (QED) is 0.733. The third-order valence-electron chi connectivity index (χ3n) is 3.25. The summed E-state index contributed by atoms with van der Waals surface area (Å²) >= 11 is 0. The highest BCUT2D eigenvalue weighted by atomic mass is 19.3. The van der Waals surface area contributed by atoms with Gasteiger partial charge in [0.2, 0.25) is 5.91 Å². The maximum Gasteiger partial charge on any atom is 0.265 e. The number of aliphatic hydroxyl groups excluding tert-OH is 1. The van der Waals surface area contributed by atoms with Crippen LogP contribution >= 0.6 is 0 Å². The minimum Gasteiger partial charge on any atom is -0.385 e. The van der Waals surface area contributed by atoms with Gasteiger partial charge < -0.3 is 10.4 Å². The lowest BCUT2D eigenvalue weighted by molar-refractivity contribution is -0.123. The Kier molecular flexibility index (Phi) is 6.40. The zero-order chi connectivity index (χ0) is 12.7. The number of aliphatic hydroxyl groups is 1. The molecule has 1 aliphatic carbocycles. The van der Waals surface area contributed by atoms with Gasteiger partial charge in [0, 0.05) is 13.0 Å². The number of hydrogen-bond donors (Lipinski definition) is 2. The number of carbonyl (C=O) groups excluding carboxylic acids is 1. The van der Waals surface area contributed by atoms with Gasteiger partial charge in [0.05, 0.1) is 0 Å². The minimum atomic E-state index is -2.80. The average molecular weight is 249 g/mol. The second kappa shape index (κ2) is 7.58. The molecule has 1 atom stereocenters. The van der Waals surface area contributed by atoms with Crippen LogP contribution in [0, 0.1) is 5.92 Å². The van der Waals surface area contributed by atoms with E-state index in [4.69, 9.17) is 5.11 Å². The number of rotatable bonds is 5. The van der Waals surface area contributed by atoms with Gasteiger partial charge in [-0.3, -0.25) is 4.79 Å². The van der Waals surface area contributed by atoms with E-state index in [1.807, 2.05) is 0 Å². The van der Waals surface area contributed by atoms with Crippen LogP contribution in [0.4, 0.5) is 8.78 Å². The zero-order valence-electron chi connectivity index (χ0n) is 10.0. The fourth-order valence-corrected chi connectivity index (χ4v) is 2.21. The van der Waals surface area contributed by atoms with E-state index in [1.165, 1.54) is 12.8 Å². The number of hydrogen-bond acceptors (Lipinski definition) is 2. The lowest BCUT2D eigenvalue weighted by Crippen LogP contribution is -2.36. The molecule has 1 rings (SSSR count). The Bertz CT molecular complexity index is 229. The Morgan fingerprint density at radius 1 is 1.24 bits per heavy atom. The summed E-state index contributed by atoms with van der Waals surface area (Å²) < 4.78 is 24.0. The van der Waals surface area contributed by atoms with Crippen molar-refractivity contribution in [2.24, 2.45) is 5.92 Å². The first-order chi connectivity index (χ1) is 8.09. The molecule has 3 nitrogen and oxygen atoms in total. The Morgan fingerprint density at radius 2 is 1.82 bits per heavy atom. The smallest absolute Gasteiger partial charge is 0.265 e. The Balaban J connectivity index is 2.19. The van der Waals surface area contributed by atoms with Crippen molar-refractivity contribution in [1.82, 2.24) is 5.32 Å². The van der Waals surface area contributed by atoms with Gasteiger partial charge >= 0.3 is 0 Å². The second-order valence-corrected chi connectivity index (χ2v) is 4.77. The van der Waals surface area contributed by atoms with Crippen LogP contribution in [0.25, 0.3) is 0 Å². The van der Waals surface area contributed by atoms with E-state index in [2.05, 4.69) is 5.32 Å². The van der Waals surface area contributed by atoms with Gasteiger partial charge in [0.25, 0.3) is 6.43 Å². The summed E-state index contributed by atoms with van der Waals surface area (Å²) in [5.41, 5.74) is 0. The maximum atomic E-state index is 12.0. The molecule has 0 aromatic rings. The highest BCUT2D eigenvalue weighted by molar-refractivity contribution is 5.76. The molecule has 17 heavy (non-hydrogen) atoms. The van der Waals surface area contributed by atoms with Crippen LogP contribution in [0.2, 0.25) is 0 Å². The lowest BCUT2D eigenvalue weighted by atomic mass is 9.96. The number of halogens is 2. The number of carbonyl (C=O) groups is 1. The molecule has 0 aromatic heterocycles. The fraction of sp³-hybridized carbons (Fsp3) is 0.917. The summed E-state index contributed by atoms with van der Waals surface area (Å²) in [6.07, 6.45) is 2.69.